The average Bonchev–Trinajstić information content (AvgIpc) is 1.84. The Labute approximate surface area is 73.5 Å². The molecule has 0 spiro atoms. The third-order valence-electron chi connectivity index (χ3n) is 1.28. The molecule has 0 aromatic heterocycles. The Morgan fingerprint density at radius 1 is 1.25 bits per heavy atom. The van der Waals surface area contributed by atoms with Crippen LogP contribution in [0.15, 0.2) is 0 Å². The Morgan fingerprint density at radius 2 is 1.75 bits per heavy atom. The third kappa shape index (κ3) is 4.88. The Kier molecular flexibility index (Phi) is 3.93. The van der Waals surface area contributed by atoms with E-state index in [1.54, 1.807) is 6.92 Å². The van der Waals surface area contributed by atoms with Crippen LogP contribution in [0.5, 0.6) is 0 Å². The van der Waals surface area contributed by atoms with Gasteiger partial charge >= 0.3 is 0 Å². The first kappa shape index (κ1) is 11.1. The topological polar surface area (TPSA) is 46.2 Å². The molecule has 0 aliphatic carbocycles. The number of carbonyl (C=O) groups is 2. The lowest BCUT2D eigenvalue weighted by Crippen LogP contribution is -2.32. The molecule has 0 saturated carbocycles. The fraction of sp³-hybridized carbons (Fsp3) is 0.778. The van der Waals surface area contributed by atoms with E-state index in [0.29, 0.717) is 13.0 Å². The minimum Gasteiger partial charge on any atom is -0.350 e. The lowest BCUT2D eigenvalue weighted by molar-refractivity contribution is -0.138. The van der Waals surface area contributed by atoms with E-state index >= 15 is 0 Å². The lowest BCUT2D eigenvalue weighted by atomic mass is 9.90. The highest BCUT2D eigenvalue weighted by molar-refractivity contribution is 6.36. The molecule has 3 heteroatoms. The SMILES string of the molecule is CCNC(=O)C(=O)CC(C)(C)C. The zero-order valence-electron chi connectivity index (χ0n) is 8.23. The van der Waals surface area contributed by atoms with Crippen LogP contribution in [0, 0.1) is 5.41 Å². The minimum atomic E-state index is -0.465. The van der Waals surface area contributed by atoms with Crippen LogP contribution in [0.3, 0.4) is 0 Å². The van der Waals surface area contributed by atoms with Crippen LogP contribution >= 0.6 is 0 Å². The maximum Gasteiger partial charge on any atom is 0.287 e. The summed E-state index contributed by atoms with van der Waals surface area (Å²) < 4.78 is 0. The second kappa shape index (κ2) is 4.24. The van der Waals surface area contributed by atoms with Gasteiger partial charge < -0.3 is 5.32 Å². The van der Waals surface area contributed by atoms with E-state index < -0.39 is 5.91 Å². The van der Waals surface area contributed by atoms with Crippen molar-refractivity contribution in [3.63, 3.8) is 0 Å². The maximum absolute atomic E-state index is 11.1. The Balaban J connectivity index is 3.97. The van der Waals surface area contributed by atoms with Gasteiger partial charge in [-0.25, -0.2) is 0 Å². The predicted molar refractivity (Wildman–Crippen MR) is 47.8 cm³/mol. The summed E-state index contributed by atoms with van der Waals surface area (Å²) in [6, 6.07) is 0. The highest BCUT2D eigenvalue weighted by atomic mass is 16.2. The van der Waals surface area contributed by atoms with Gasteiger partial charge in [0.15, 0.2) is 0 Å². The van der Waals surface area contributed by atoms with Gasteiger partial charge in [0, 0.05) is 13.0 Å². The molecule has 0 unspecified atom stereocenters. The quantitative estimate of drug-likeness (QED) is 0.647. The van der Waals surface area contributed by atoms with Crippen molar-refractivity contribution in [2.24, 2.45) is 5.41 Å². The number of amides is 1. The van der Waals surface area contributed by atoms with Crippen molar-refractivity contribution >= 4 is 11.7 Å². The summed E-state index contributed by atoms with van der Waals surface area (Å²) >= 11 is 0. The summed E-state index contributed by atoms with van der Waals surface area (Å²) in [6.45, 7) is 8.11. The van der Waals surface area contributed by atoms with E-state index in [4.69, 9.17) is 0 Å². The van der Waals surface area contributed by atoms with Crippen molar-refractivity contribution in [1.82, 2.24) is 5.32 Å². The van der Waals surface area contributed by atoms with Crippen LogP contribution in [0.2, 0.25) is 0 Å². The van der Waals surface area contributed by atoms with Crippen LogP contribution < -0.4 is 5.32 Å². The molecule has 0 bridgehead atoms. The molecule has 0 aromatic carbocycles. The molecule has 0 heterocycles. The van der Waals surface area contributed by atoms with Crippen molar-refractivity contribution in [3.8, 4) is 0 Å². The minimum absolute atomic E-state index is 0.109. The number of likely N-dealkylation sites (N-methyl/N-ethyl adjacent to an activating group) is 1. The van der Waals surface area contributed by atoms with Crippen molar-refractivity contribution in [2.75, 3.05) is 6.54 Å². The summed E-state index contributed by atoms with van der Waals surface area (Å²) in [6.07, 6.45) is 0.304. The van der Waals surface area contributed by atoms with E-state index in [2.05, 4.69) is 5.32 Å². The third-order valence-corrected chi connectivity index (χ3v) is 1.28. The lowest BCUT2D eigenvalue weighted by Gasteiger charge is -2.15. The predicted octanol–water partition coefficient (Wildman–Crippen LogP) is 1.13. The van der Waals surface area contributed by atoms with E-state index in [0.717, 1.165) is 0 Å². The number of ketones is 1. The van der Waals surface area contributed by atoms with Gasteiger partial charge in [0.05, 0.1) is 0 Å². The Hall–Kier alpha value is -0.860. The Morgan fingerprint density at radius 3 is 2.08 bits per heavy atom. The second-order valence-corrected chi connectivity index (χ2v) is 4.02. The fourth-order valence-corrected chi connectivity index (χ4v) is 0.821. The first-order chi connectivity index (χ1) is 5.37. The first-order valence-electron chi connectivity index (χ1n) is 4.18. The van der Waals surface area contributed by atoms with Crippen molar-refractivity contribution in [2.45, 2.75) is 34.1 Å². The molecular formula is C9H17NO2. The molecule has 1 N–H and O–H groups in total. The van der Waals surface area contributed by atoms with Gasteiger partial charge in [-0.3, -0.25) is 9.59 Å². The van der Waals surface area contributed by atoms with Crippen LogP contribution in [0.25, 0.3) is 0 Å². The molecule has 0 radical (unpaired) electrons. The Bertz CT molecular complexity index is 179. The molecule has 0 aromatic rings. The number of hydrogen-bond donors (Lipinski definition) is 1. The number of rotatable bonds is 3. The number of nitrogens with one attached hydrogen (secondary N) is 1. The van der Waals surface area contributed by atoms with Crippen molar-refractivity contribution < 1.29 is 9.59 Å². The van der Waals surface area contributed by atoms with Crippen LogP contribution in [0.4, 0.5) is 0 Å². The zero-order chi connectivity index (χ0) is 9.78. The van der Waals surface area contributed by atoms with Crippen molar-refractivity contribution in [3.05, 3.63) is 0 Å². The van der Waals surface area contributed by atoms with Gasteiger partial charge in [-0.2, -0.15) is 0 Å². The van der Waals surface area contributed by atoms with Crippen LogP contribution in [-0.2, 0) is 9.59 Å². The summed E-state index contributed by atoms with van der Waals surface area (Å²) in [5.41, 5.74) is -0.109. The van der Waals surface area contributed by atoms with Crippen LogP contribution in [-0.4, -0.2) is 18.2 Å². The smallest absolute Gasteiger partial charge is 0.287 e. The average molecular weight is 171 g/mol. The van der Waals surface area contributed by atoms with Gasteiger partial charge in [-0.1, -0.05) is 20.8 Å². The first-order valence-corrected chi connectivity index (χ1v) is 4.18. The summed E-state index contributed by atoms with van der Waals surface area (Å²) in [4.78, 5) is 22.1. The van der Waals surface area contributed by atoms with Gasteiger partial charge in [0.25, 0.3) is 5.91 Å². The molecule has 0 aliphatic heterocycles. The summed E-state index contributed by atoms with van der Waals surface area (Å²) in [5, 5.41) is 2.48. The number of carbonyl (C=O) groups excluding carboxylic acids is 2. The van der Waals surface area contributed by atoms with Gasteiger partial charge in [0.2, 0.25) is 5.78 Å². The molecule has 0 saturated heterocycles. The summed E-state index contributed by atoms with van der Waals surface area (Å²) in [7, 11) is 0. The second-order valence-electron chi connectivity index (χ2n) is 4.02. The molecule has 1 amide bonds. The van der Waals surface area contributed by atoms with E-state index in [1.807, 2.05) is 20.8 Å². The molecule has 0 aliphatic rings. The number of hydrogen-bond acceptors (Lipinski definition) is 2. The molecule has 0 atom stereocenters. The van der Waals surface area contributed by atoms with E-state index in [9.17, 15) is 9.59 Å². The molecular weight excluding hydrogens is 154 g/mol. The standard InChI is InChI=1S/C9H17NO2/c1-5-10-8(12)7(11)6-9(2,3)4/h5-6H2,1-4H3,(H,10,12). The number of Topliss-reactive ketones (excluding diaryl/α,β-unsaturated/α-hetero) is 1. The van der Waals surface area contributed by atoms with Crippen LogP contribution in [0.1, 0.15) is 34.1 Å². The van der Waals surface area contributed by atoms with E-state index in [1.165, 1.54) is 0 Å². The maximum atomic E-state index is 11.1. The van der Waals surface area contributed by atoms with Crippen molar-refractivity contribution in [1.29, 1.82) is 0 Å². The molecule has 70 valence electrons. The fourth-order valence-electron chi connectivity index (χ4n) is 0.821. The largest absolute Gasteiger partial charge is 0.350 e. The monoisotopic (exact) mass is 171 g/mol. The molecule has 0 rings (SSSR count). The highest BCUT2D eigenvalue weighted by Crippen LogP contribution is 2.18. The van der Waals surface area contributed by atoms with Gasteiger partial charge in [-0.05, 0) is 12.3 Å². The normalized spacial score (nSPS) is 11.0. The highest BCUT2D eigenvalue weighted by Gasteiger charge is 2.20. The zero-order valence-corrected chi connectivity index (χ0v) is 8.23. The summed E-state index contributed by atoms with van der Waals surface area (Å²) in [5.74, 6) is -0.795. The van der Waals surface area contributed by atoms with E-state index in [-0.39, 0.29) is 11.2 Å². The van der Waals surface area contributed by atoms with Gasteiger partial charge in [-0.15, -0.1) is 0 Å². The molecule has 0 fully saturated rings. The van der Waals surface area contributed by atoms with Gasteiger partial charge in [0.1, 0.15) is 0 Å². The molecule has 3 nitrogen and oxygen atoms in total. The molecule has 12 heavy (non-hydrogen) atoms.